The molecule has 1 heterocycles. The van der Waals surface area contributed by atoms with Crippen molar-refractivity contribution < 1.29 is 0 Å². The fraction of sp³-hybridized carbons (Fsp3) is 0.471. The fourth-order valence-corrected chi connectivity index (χ4v) is 3.65. The highest BCUT2D eigenvalue weighted by Crippen LogP contribution is 2.38. The zero-order chi connectivity index (χ0) is 13.9. The first kappa shape index (κ1) is 13.5. The van der Waals surface area contributed by atoms with Crippen LogP contribution in [0.3, 0.4) is 0 Å². The summed E-state index contributed by atoms with van der Waals surface area (Å²) >= 11 is 0. The first-order valence-corrected chi connectivity index (χ1v) is 7.59. The molecule has 3 N–H and O–H groups in total. The topological polar surface area (TPSA) is 50.9 Å². The van der Waals surface area contributed by atoms with Gasteiger partial charge in [0.05, 0.1) is 5.52 Å². The van der Waals surface area contributed by atoms with Crippen molar-refractivity contribution in [3.63, 3.8) is 0 Å². The Morgan fingerprint density at radius 3 is 2.90 bits per heavy atom. The second-order valence-corrected chi connectivity index (χ2v) is 6.09. The SMILES string of the molecule is CC1CCCC(C(NN)c2ccnc3ccccc23)C1. The highest BCUT2D eigenvalue weighted by molar-refractivity contribution is 5.82. The van der Waals surface area contributed by atoms with Gasteiger partial charge in [-0.1, -0.05) is 38.0 Å². The highest BCUT2D eigenvalue weighted by atomic mass is 15.2. The van der Waals surface area contributed by atoms with Crippen LogP contribution < -0.4 is 11.3 Å². The zero-order valence-electron chi connectivity index (χ0n) is 12.0. The lowest BCUT2D eigenvalue weighted by atomic mass is 9.76. The van der Waals surface area contributed by atoms with Crippen molar-refractivity contribution in [3.8, 4) is 0 Å². The van der Waals surface area contributed by atoms with Gasteiger partial charge in [0, 0.05) is 17.6 Å². The summed E-state index contributed by atoms with van der Waals surface area (Å²) < 4.78 is 0. The molecule has 3 unspecified atom stereocenters. The van der Waals surface area contributed by atoms with E-state index in [2.05, 4.69) is 41.6 Å². The predicted molar refractivity (Wildman–Crippen MR) is 82.9 cm³/mol. The van der Waals surface area contributed by atoms with Crippen molar-refractivity contribution in [1.29, 1.82) is 0 Å². The molecule has 2 aromatic rings. The molecule has 1 fully saturated rings. The van der Waals surface area contributed by atoms with Crippen LogP contribution in [0.4, 0.5) is 0 Å². The number of nitrogens with one attached hydrogen (secondary N) is 1. The second kappa shape index (κ2) is 5.90. The standard InChI is InChI=1S/C17H23N3/c1-12-5-4-6-13(11-12)17(20-18)15-9-10-19-16-8-3-2-7-14(15)16/h2-3,7-10,12-13,17,20H,4-6,11,18H2,1H3. The van der Waals surface area contributed by atoms with Crippen molar-refractivity contribution in [2.75, 3.05) is 0 Å². The lowest BCUT2D eigenvalue weighted by molar-refractivity contribution is 0.225. The molecule has 3 heteroatoms. The Morgan fingerprint density at radius 1 is 1.25 bits per heavy atom. The van der Waals surface area contributed by atoms with E-state index in [0.717, 1.165) is 11.4 Å². The molecule has 1 saturated carbocycles. The highest BCUT2D eigenvalue weighted by Gasteiger charge is 2.28. The van der Waals surface area contributed by atoms with Gasteiger partial charge in [0.1, 0.15) is 0 Å². The van der Waals surface area contributed by atoms with Crippen molar-refractivity contribution in [2.24, 2.45) is 17.7 Å². The number of aromatic nitrogens is 1. The number of pyridine rings is 1. The molecule has 0 aliphatic heterocycles. The van der Waals surface area contributed by atoms with E-state index in [1.54, 1.807) is 0 Å². The average Bonchev–Trinajstić information content (AvgIpc) is 2.48. The maximum Gasteiger partial charge on any atom is 0.0705 e. The van der Waals surface area contributed by atoms with Gasteiger partial charge >= 0.3 is 0 Å². The zero-order valence-corrected chi connectivity index (χ0v) is 12.0. The monoisotopic (exact) mass is 269 g/mol. The Bertz CT molecular complexity index is 576. The Morgan fingerprint density at radius 2 is 2.10 bits per heavy atom. The molecule has 3 rings (SSSR count). The normalized spacial score (nSPS) is 24.7. The van der Waals surface area contributed by atoms with Crippen LogP contribution in [0.1, 0.15) is 44.2 Å². The summed E-state index contributed by atoms with van der Waals surface area (Å²) in [7, 11) is 0. The fourth-order valence-electron chi connectivity index (χ4n) is 3.65. The molecule has 3 nitrogen and oxygen atoms in total. The van der Waals surface area contributed by atoms with Crippen LogP contribution in [-0.2, 0) is 0 Å². The molecule has 1 aromatic carbocycles. The van der Waals surface area contributed by atoms with Crippen LogP contribution >= 0.6 is 0 Å². The lowest BCUT2D eigenvalue weighted by Gasteiger charge is -2.33. The van der Waals surface area contributed by atoms with E-state index in [-0.39, 0.29) is 6.04 Å². The van der Waals surface area contributed by atoms with E-state index < -0.39 is 0 Å². The molecule has 0 spiro atoms. The molecule has 0 amide bonds. The molecule has 0 bridgehead atoms. The number of para-hydroxylation sites is 1. The summed E-state index contributed by atoms with van der Waals surface area (Å²) in [5.41, 5.74) is 5.41. The van der Waals surface area contributed by atoms with Crippen molar-refractivity contribution in [2.45, 2.75) is 38.6 Å². The molecule has 3 atom stereocenters. The van der Waals surface area contributed by atoms with Crippen LogP contribution in [-0.4, -0.2) is 4.98 Å². The van der Waals surface area contributed by atoms with Gasteiger partial charge in [-0.25, -0.2) is 0 Å². The van der Waals surface area contributed by atoms with Crippen LogP contribution in [0.25, 0.3) is 10.9 Å². The maximum atomic E-state index is 5.90. The van der Waals surface area contributed by atoms with Crippen molar-refractivity contribution in [3.05, 3.63) is 42.1 Å². The minimum absolute atomic E-state index is 0.227. The van der Waals surface area contributed by atoms with Crippen LogP contribution in [0, 0.1) is 11.8 Å². The average molecular weight is 269 g/mol. The summed E-state index contributed by atoms with van der Waals surface area (Å²) in [5, 5.41) is 1.22. The first-order valence-electron chi connectivity index (χ1n) is 7.59. The molecule has 1 aliphatic carbocycles. The third-order valence-corrected chi connectivity index (χ3v) is 4.65. The Kier molecular flexibility index (Phi) is 3.99. The van der Waals surface area contributed by atoms with Crippen molar-refractivity contribution in [1.82, 2.24) is 10.4 Å². The van der Waals surface area contributed by atoms with Gasteiger partial charge in [-0.2, -0.15) is 0 Å². The quantitative estimate of drug-likeness (QED) is 0.661. The Labute approximate surface area is 120 Å². The number of hydrogen-bond acceptors (Lipinski definition) is 3. The van der Waals surface area contributed by atoms with Crippen molar-refractivity contribution >= 4 is 10.9 Å². The van der Waals surface area contributed by atoms with Gasteiger partial charge in [0.25, 0.3) is 0 Å². The number of fused-ring (bicyclic) bond motifs is 1. The van der Waals surface area contributed by atoms with Gasteiger partial charge in [0.15, 0.2) is 0 Å². The van der Waals surface area contributed by atoms with E-state index in [9.17, 15) is 0 Å². The smallest absolute Gasteiger partial charge is 0.0705 e. The molecule has 20 heavy (non-hydrogen) atoms. The third-order valence-electron chi connectivity index (χ3n) is 4.65. The van der Waals surface area contributed by atoms with Gasteiger partial charge in [-0.3, -0.25) is 16.3 Å². The first-order chi connectivity index (χ1) is 9.79. The Balaban J connectivity index is 1.98. The predicted octanol–water partition coefficient (Wildman–Crippen LogP) is 3.57. The summed E-state index contributed by atoms with van der Waals surface area (Å²) in [6, 6.07) is 10.7. The summed E-state index contributed by atoms with van der Waals surface area (Å²) in [6.45, 7) is 2.35. The summed E-state index contributed by atoms with van der Waals surface area (Å²) in [4.78, 5) is 4.45. The molecule has 1 aromatic heterocycles. The van der Waals surface area contributed by atoms with Gasteiger partial charge in [-0.15, -0.1) is 0 Å². The molecule has 106 valence electrons. The lowest BCUT2D eigenvalue weighted by Crippen LogP contribution is -2.35. The minimum atomic E-state index is 0.227. The van der Waals surface area contributed by atoms with E-state index in [4.69, 9.17) is 5.84 Å². The van der Waals surface area contributed by atoms with Crippen LogP contribution in [0.5, 0.6) is 0 Å². The molecular weight excluding hydrogens is 246 g/mol. The maximum absolute atomic E-state index is 5.90. The van der Waals surface area contributed by atoms with Crippen LogP contribution in [0.15, 0.2) is 36.5 Å². The number of rotatable bonds is 3. The molecule has 0 saturated heterocycles. The number of benzene rings is 1. The van der Waals surface area contributed by atoms with Gasteiger partial charge in [0.2, 0.25) is 0 Å². The Hall–Kier alpha value is -1.45. The van der Waals surface area contributed by atoms with E-state index in [1.807, 2.05) is 12.3 Å². The van der Waals surface area contributed by atoms with Gasteiger partial charge < -0.3 is 0 Å². The summed E-state index contributed by atoms with van der Waals surface area (Å²) in [5.74, 6) is 7.33. The van der Waals surface area contributed by atoms with E-state index in [1.165, 1.54) is 36.6 Å². The molecule has 1 aliphatic rings. The minimum Gasteiger partial charge on any atom is -0.271 e. The number of hydrazine groups is 1. The van der Waals surface area contributed by atoms with Crippen LogP contribution in [0.2, 0.25) is 0 Å². The summed E-state index contributed by atoms with van der Waals surface area (Å²) in [6.07, 6.45) is 7.08. The largest absolute Gasteiger partial charge is 0.271 e. The number of nitrogens with zero attached hydrogens (tertiary/aromatic N) is 1. The second-order valence-electron chi connectivity index (χ2n) is 6.09. The number of hydrogen-bond donors (Lipinski definition) is 2. The van der Waals surface area contributed by atoms with E-state index >= 15 is 0 Å². The van der Waals surface area contributed by atoms with Gasteiger partial charge in [-0.05, 0) is 42.4 Å². The third kappa shape index (κ3) is 2.56. The molecular formula is C17H23N3. The molecule has 0 radical (unpaired) electrons. The number of nitrogens with two attached hydrogens (primary N) is 1. The van der Waals surface area contributed by atoms with E-state index in [0.29, 0.717) is 5.92 Å².